The van der Waals surface area contributed by atoms with E-state index in [0.717, 1.165) is 23.8 Å². The standard InChI is InChI=1S/C16H23NO2S/c1-12(17-20(18)16(2,3)4)5-6-13-7-8-15-14(11-13)9-10-19-15/h7-12,17H,5-6H2,1-4H3/t12-,20?/m1/s1. The van der Waals surface area contributed by atoms with Crippen molar-refractivity contribution in [1.29, 1.82) is 0 Å². The highest BCUT2D eigenvalue weighted by Gasteiger charge is 2.20. The fourth-order valence-electron chi connectivity index (χ4n) is 1.97. The van der Waals surface area contributed by atoms with Gasteiger partial charge in [0.05, 0.1) is 22.0 Å². The maximum atomic E-state index is 12.0. The van der Waals surface area contributed by atoms with Crippen LogP contribution in [0.2, 0.25) is 0 Å². The van der Waals surface area contributed by atoms with Gasteiger partial charge in [0.25, 0.3) is 0 Å². The highest BCUT2D eigenvalue weighted by molar-refractivity contribution is 7.84. The summed E-state index contributed by atoms with van der Waals surface area (Å²) in [4.78, 5) is 0. The maximum Gasteiger partial charge on any atom is 0.133 e. The molecular formula is C16H23NO2S. The molecule has 2 atom stereocenters. The van der Waals surface area contributed by atoms with E-state index in [-0.39, 0.29) is 10.8 Å². The number of aryl methyl sites for hydroxylation is 1. The predicted molar refractivity (Wildman–Crippen MR) is 85.0 cm³/mol. The molecule has 3 nitrogen and oxygen atoms in total. The summed E-state index contributed by atoms with van der Waals surface area (Å²) in [6.45, 7) is 8.03. The Morgan fingerprint density at radius 1 is 1.30 bits per heavy atom. The smallest absolute Gasteiger partial charge is 0.133 e. The Labute approximate surface area is 123 Å². The molecule has 0 aliphatic rings. The zero-order valence-electron chi connectivity index (χ0n) is 12.6. The molecule has 0 aliphatic carbocycles. The zero-order valence-corrected chi connectivity index (χ0v) is 13.4. The van der Waals surface area contributed by atoms with Gasteiger partial charge >= 0.3 is 0 Å². The summed E-state index contributed by atoms with van der Waals surface area (Å²) in [7, 11) is -1.01. The molecule has 1 N–H and O–H groups in total. The highest BCUT2D eigenvalue weighted by atomic mass is 32.2. The summed E-state index contributed by atoms with van der Waals surface area (Å²) >= 11 is 0. The van der Waals surface area contributed by atoms with Gasteiger partial charge < -0.3 is 4.42 Å². The first kappa shape index (κ1) is 15.3. The Hall–Kier alpha value is -1.13. The number of rotatable bonds is 5. The number of hydrogen-bond donors (Lipinski definition) is 1. The van der Waals surface area contributed by atoms with Crippen molar-refractivity contribution in [1.82, 2.24) is 4.72 Å². The first-order valence-electron chi connectivity index (χ1n) is 7.00. The molecule has 0 radical (unpaired) electrons. The summed E-state index contributed by atoms with van der Waals surface area (Å²) < 4.78 is 20.3. The fraction of sp³-hybridized carbons (Fsp3) is 0.500. The Balaban J connectivity index is 1.89. The van der Waals surface area contributed by atoms with Crippen LogP contribution in [0.15, 0.2) is 34.9 Å². The van der Waals surface area contributed by atoms with Crippen molar-refractivity contribution in [2.45, 2.75) is 51.3 Å². The van der Waals surface area contributed by atoms with Crippen LogP contribution in [0.4, 0.5) is 0 Å². The van der Waals surface area contributed by atoms with Crippen molar-refractivity contribution in [2.24, 2.45) is 0 Å². The number of furan rings is 1. The van der Waals surface area contributed by atoms with Crippen LogP contribution in [-0.2, 0) is 17.4 Å². The zero-order chi connectivity index (χ0) is 14.8. The monoisotopic (exact) mass is 293 g/mol. The van der Waals surface area contributed by atoms with Crippen molar-refractivity contribution < 1.29 is 8.63 Å². The second-order valence-corrected chi connectivity index (χ2v) is 8.23. The van der Waals surface area contributed by atoms with Gasteiger partial charge in [0.1, 0.15) is 5.58 Å². The van der Waals surface area contributed by atoms with Gasteiger partial charge in [0, 0.05) is 11.4 Å². The molecule has 20 heavy (non-hydrogen) atoms. The van der Waals surface area contributed by atoms with E-state index in [1.165, 1.54) is 5.56 Å². The van der Waals surface area contributed by atoms with Crippen LogP contribution in [0.1, 0.15) is 39.7 Å². The quantitative estimate of drug-likeness (QED) is 0.911. The predicted octanol–water partition coefficient (Wildman–Crippen LogP) is 3.81. The van der Waals surface area contributed by atoms with Gasteiger partial charge in [-0.3, -0.25) is 0 Å². The van der Waals surface area contributed by atoms with E-state index in [0.29, 0.717) is 0 Å². The Morgan fingerprint density at radius 3 is 2.75 bits per heavy atom. The van der Waals surface area contributed by atoms with E-state index in [1.807, 2.05) is 32.9 Å². The van der Waals surface area contributed by atoms with E-state index < -0.39 is 11.0 Å². The molecular weight excluding hydrogens is 270 g/mol. The second kappa shape index (κ2) is 6.10. The summed E-state index contributed by atoms with van der Waals surface area (Å²) in [5.74, 6) is 0. The minimum absolute atomic E-state index is 0.218. The summed E-state index contributed by atoms with van der Waals surface area (Å²) in [5, 5.41) is 1.14. The molecule has 4 heteroatoms. The van der Waals surface area contributed by atoms with Gasteiger partial charge in [-0.25, -0.2) is 8.93 Å². The van der Waals surface area contributed by atoms with Gasteiger partial charge in [0.15, 0.2) is 0 Å². The van der Waals surface area contributed by atoms with E-state index in [4.69, 9.17) is 4.42 Å². The van der Waals surface area contributed by atoms with Crippen molar-refractivity contribution in [3.63, 3.8) is 0 Å². The molecule has 0 fully saturated rings. The van der Waals surface area contributed by atoms with Crippen LogP contribution < -0.4 is 4.72 Å². The van der Waals surface area contributed by atoms with E-state index in [1.54, 1.807) is 6.26 Å². The van der Waals surface area contributed by atoms with Gasteiger partial charge in [-0.1, -0.05) is 6.07 Å². The Bertz CT molecular complexity index is 598. The molecule has 1 aromatic carbocycles. The van der Waals surface area contributed by atoms with E-state index >= 15 is 0 Å². The van der Waals surface area contributed by atoms with Crippen LogP contribution in [0, 0.1) is 0 Å². The fourth-order valence-corrected chi connectivity index (χ4v) is 2.81. The Morgan fingerprint density at radius 2 is 2.05 bits per heavy atom. The van der Waals surface area contributed by atoms with Crippen molar-refractivity contribution in [3.8, 4) is 0 Å². The first-order valence-corrected chi connectivity index (χ1v) is 8.15. The molecule has 110 valence electrons. The normalized spacial score (nSPS) is 15.4. The van der Waals surface area contributed by atoms with Crippen molar-refractivity contribution in [2.75, 3.05) is 0 Å². The van der Waals surface area contributed by atoms with Gasteiger partial charge in [0.2, 0.25) is 0 Å². The average Bonchev–Trinajstić information content (AvgIpc) is 2.82. The molecule has 0 amide bonds. The third-order valence-electron chi connectivity index (χ3n) is 3.25. The van der Waals surface area contributed by atoms with Crippen LogP contribution in [0.25, 0.3) is 11.0 Å². The minimum atomic E-state index is -1.01. The lowest BCUT2D eigenvalue weighted by molar-refractivity contribution is 0.581. The second-order valence-electron chi connectivity index (χ2n) is 6.23. The van der Waals surface area contributed by atoms with E-state index in [2.05, 4.69) is 23.8 Å². The lowest BCUT2D eigenvalue weighted by Gasteiger charge is -2.21. The third-order valence-corrected chi connectivity index (χ3v) is 4.98. The summed E-state index contributed by atoms with van der Waals surface area (Å²) in [6, 6.07) is 8.48. The Kier molecular flexibility index (Phi) is 4.66. The van der Waals surface area contributed by atoms with Crippen LogP contribution >= 0.6 is 0 Å². The lowest BCUT2D eigenvalue weighted by atomic mass is 10.1. The van der Waals surface area contributed by atoms with Gasteiger partial charge in [-0.15, -0.1) is 0 Å². The molecule has 2 rings (SSSR count). The van der Waals surface area contributed by atoms with Crippen LogP contribution in [0.3, 0.4) is 0 Å². The molecule has 0 aliphatic heterocycles. The van der Waals surface area contributed by atoms with Crippen LogP contribution in [0.5, 0.6) is 0 Å². The molecule has 0 saturated heterocycles. The molecule has 0 bridgehead atoms. The topological polar surface area (TPSA) is 42.2 Å². The largest absolute Gasteiger partial charge is 0.464 e. The van der Waals surface area contributed by atoms with Crippen molar-refractivity contribution >= 4 is 22.0 Å². The number of benzene rings is 1. The molecule has 2 aromatic rings. The van der Waals surface area contributed by atoms with E-state index in [9.17, 15) is 4.21 Å². The first-order chi connectivity index (χ1) is 9.36. The number of nitrogens with one attached hydrogen (secondary N) is 1. The van der Waals surface area contributed by atoms with Crippen molar-refractivity contribution in [3.05, 3.63) is 36.1 Å². The number of fused-ring (bicyclic) bond motifs is 1. The molecule has 1 heterocycles. The average molecular weight is 293 g/mol. The number of hydrogen-bond acceptors (Lipinski definition) is 2. The molecule has 1 unspecified atom stereocenters. The third kappa shape index (κ3) is 3.93. The summed E-state index contributed by atoms with van der Waals surface area (Å²) in [6.07, 6.45) is 3.65. The molecule has 0 saturated carbocycles. The highest BCUT2D eigenvalue weighted by Crippen LogP contribution is 2.18. The summed E-state index contributed by atoms with van der Waals surface area (Å²) in [5.41, 5.74) is 2.21. The maximum absolute atomic E-state index is 12.0. The van der Waals surface area contributed by atoms with Gasteiger partial charge in [-0.05, 0) is 64.3 Å². The lowest BCUT2D eigenvalue weighted by Crippen LogP contribution is -2.38. The molecule has 0 spiro atoms. The minimum Gasteiger partial charge on any atom is -0.464 e. The molecule has 1 aromatic heterocycles. The van der Waals surface area contributed by atoms with Gasteiger partial charge in [-0.2, -0.15) is 0 Å². The van der Waals surface area contributed by atoms with Crippen LogP contribution in [-0.4, -0.2) is 15.0 Å². The SMILES string of the molecule is C[C@H](CCc1ccc2occc2c1)NS(=O)C(C)(C)C.